The number of nitrogens with zero attached hydrogens (tertiary/aromatic N) is 1. The van der Waals surface area contributed by atoms with Crippen LogP contribution in [0.5, 0.6) is 0 Å². The second kappa shape index (κ2) is 11.2. The van der Waals surface area contributed by atoms with Crippen molar-refractivity contribution in [2.24, 2.45) is 0 Å². The Morgan fingerprint density at radius 3 is 2.09 bits per heavy atom. The van der Waals surface area contributed by atoms with Crippen LogP contribution >= 0.6 is 11.6 Å². The van der Waals surface area contributed by atoms with E-state index in [-0.39, 0.29) is 16.1 Å². The normalized spacial score (nSPS) is 11.2. The highest BCUT2D eigenvalue weighted by Gasteiger charge is 2.38. The number of carboxylic acids is 2. The van der Waals surface area contributed by atoms with Gasteiger partial charge in [-0.3, -0.25) is 4.72 Å². The van der Waals surface area contributed by atoms with Crippen molar-refractivity contribution in [3.05, 3.63) is 52.5 Å². The molecule has 0 heterocycles. The molecule has 2 aromatic carbocycles. The molecule has 0 bridgehead atoms. The summed E-state index contributed by atoms with van der Waals surface area (Å²) < 4.78 is 59.5. The summed E-state index contributed by atoms with van der Waals surface area (Å²) in [6.45, 7) is 6.75. The molecule has 0 saturated heterocycles. The van der Waals surface area contributed by atoms with E-state index in [9.17, 15) is 31.5 Å². The van der Waals surface area contributed by atoms with Gasteiger partial charge >= 0.3 is 18.1 Å². The molecular formula is C20H22ClF3N2O6S. The average molecular weight is 511 g/mol. The largest absolute Gasteiger partial charge is 0.490 e. The van der Waals surface area contributed by atoms with Gasteiger partial charge in [0, 0.05) is 23.8 Å². The molecular weight excluding hydrogens is 489 g/mol. The van der Waals surface area contributed by atoms with Gasteiger partial charge in [-0.1, -0.05) is 17.7 Å². The summed E-state index contributed by atoms with van der Waals surface area (Å²) in [5.41, 5.74) is 1.19. The SMILES string of the molecule is CCN(CC)c1ccc(NS(=O)(=O)c2cccc(Cl)c2C)cc1C(=O)O.O=C(O)C(F)(F)F. The summed E-state index contributed by atoms with van der Waals surface area (Å²) >= 11 is 6.00. The van der Waals surface area contributed by atoms with Gasteiger partial charge in [-0.05, 0) is 56.7 Å². The van der Waals surface area contributed by atoms with Crippen LogP contribution in [0.15, 0.2) is 41.3 Å². The molecule has 8 nitrogen and oxygen atoms in total. The minimum absolute atomic E-state index is 0.0386. The smallest absolute Gasteiger partial charge is 0.478 e. The molecule has 0 aliphatic rings. The second-order valence-electron chi connectivity index (χ2n) is 6.48. The van der Waals surface area contributed by atoms with Crippen LogP contribution < -0.4 is 9.62 Å². The molecule has 0 aromatic heterocycles. The van der Waals surface area contributed by atoms with Gasteiger partial charge in [0.05, 0.1) is 16.1 Å². The Balaban J connectivity index is 0.000000675. The molecule has 0 amide bonds. The van der Waals surface area contributed by atoms with Gasteiger partial charge in [0.2, 0.25) is 0 Å². The molecule has 3 N–H and O–H groups in total. The van der Waals surface area contributed by atoms with Crippen molar-refractivity contribution in [3.8, 4) is 0 Å². The highest BCUT2D eigenvalue weighted by molar-refractivity contribution is 7.92. The van der Waals surface area contributed by atoms with E-state index < -0.39 is 28.1 Å². The van der Waals surface area contributed by atoms with E-state index in [1.165, 1.54) is 12.1 Å². The number of anilines is 2. The predicted octanol–water partition coefficient (Wildman–Crippen LogP) is 4.63. The van der Waals surface area contributed by atoms with Gasteiger partial charge in [0.25, 0.3) is 10.0 Å². The first kappa shape index (κ1) is 28.0. The Labute approximate surface area is 193 Å². The van der Waals surface area contributed by atoms with Crippen molar-refractivity contribution in [2.45, 2.75) is 31.8 Å². The van der Waals surface area contributed by atoms with Crippen LogP contribution in [-0.2, 0) is 14.8 Å². The molecule has 0 unspecified atom stereocenters. The lowest BCUT2D eigenvalue weighted by Crippen LogP contribution is -2.24. The summed E-state index contributed by atoms with van der Waals surface area (Å²) in [7, 11) is -3.89. The second-order valence-corrected chi connectivity index (χ2v) is 8.54. The molecule has 0 radical (unpaired) electrons. The van der Waals surface area contributed by atoms with E-state index in [0.29, 0.717) is 29.4 Å². The molecule has 2 aromatic rings. The number of halogens is 4. The summed E-state index contributed by atoms with van der Waals surface area (Å²) in [6, 6.07) is 9.10. The van der Waals surface area contributed by atoms with Crippen molar-refractivity contribution in [1.29, 1.82) is 0 Å². The van der Waals surface area contributed by atoms with E-state index in [0.717, 1.165) is 0 Å². The topological polar surface area (TPSA) is 124 Å². The van der Waals surface area contributed by atoms with Crippen LogP contribution in [0.1, 0.15) is 29.8 Å². The van der Waals surface area contributed by atoms with Crippen molar-refractivity contribution >= 4 is 44.9 Å². The van der Waals surface area contributed by atoms with E-state index >= 15 is 0 Å². The highest BCUT2D eigenvalue weighted by Crippen LogP contribution is 2.28. The van der Waals surface area contributed by atoms with Crippen molar-refractivity contribution in [2.75, 3.05) is 22.7 Å². The van der Waals surface area contributed by atoms with Crippen LogP contribution in [0.2, 0.25) is 5.02 Å². The average Bonchev–Trinajstić information content (AvgIpc) is 2.71. The van der Waals surface area contributed by atoms with Gasteiger partial charge in [-0.2, -0.15) is 13.2 Å². The minimum atomic E-state index is -5.08. The Bertz CT molecular complexity index is 1120. The lowest BCUT2D eigenvalue weighted by molar-refractivity contribution is -0.192. The maximum atomic E-state index is 12.7. The fourth-order valence-electron chi connectivity index (χ4n) is 2.70. The molecule has 0 aliphatic heterocycles. The Morgan fingerprint density at radius 1 is 1.09 bits per heavy atom. The zero-order chi connectivity index (χ0) is 25.6. The lowest BCUT2D eigenvalue weighted by Gasteiger charge is -2.23. The van der Waals surface area contributed by atoms with E-state index in [2.05, 4.69) is 4.72 Å². The maximum Gasteiger partial charge on any atom is 0.490 e. The van der Waals surface area contributed by atoms with E-state index in [1.807, 2.05) is 18.7 Å². The van der Waals surface area contributed by atoms with Crippen LogP contribution in [-0.4, -0.2) is 49.8 Å². The number of hydrogen-bond donors (Lipinski definition) is 3. The number of aromatic carboxylic acids is 1. The number of alkyl halides is 3. The zero-order valence-corrected chi connectivity index (χ0v) is 19.3. The molecule has 33 heavy (non-hydrogen) atoms. The Kier molecular flexibility index (Phi) is 9.55. The van der Waals surface area contributed by atoms with Gasteiger partial charge in [-0.25, -0.2) is 18.0 Å². The van der Waals surface area contributed by atoms with Gasteiger partial charge < -0.3 is 15.1 Å². The number of sulfonamides is 1. The van der Waals surface area contributed by atoms with Crippen LogP contribution in [0.25, 0.3) is 0 Å². The van der Waals surface area contributed by atoms with E-state index in [4.69, 9.17) is 21.5 Å². The standard InChI is InChI=1S/C18H21ClN2O4S.C2HF3O2/c1-4-21(5-2)16-10-9-13(11-14(16)18(22)23)20-26(24,25)17-8-6-7-15(19)12(17)3;3-2(4,5)1(6)7/h6-11,20H,4-5H2,1-3H3,(H,22,23);(H,6,7). The van der Waals surface area contributed by atoms with Crippen molar-refractivity contribution < 1.29 is 41.4 Å². The molecule has 2 rings (SSSR count). The third-order valence-corrected chi connectivity index (χ3v) is 6.27. The fraction of sp³-hybridized carbons (Fsp3) is 0.300. The first-order valence-electron chi connectivity index (χ1n) is 9.36. The highest BCUT2D eigenvalue weighted by atomic mass is 35.5. The summed E-state index contributed by atoms with van der Waals surface area (Å²) in [5.74, 6) is -3.88. The van der Waals surface area contributed by atoms with Gasteiger partial charge in [0.15, 0.2) is 0 Å². The summed E-state index contributed by atoms with van der Waals surface area (Å²) in [6.07, 6.45) is -5.08. The number of benzene rings is 2. The fourth-order valence-corrected chi connectivity index (χ4v) is 4.25. The Morgan fingerprint density at radius 2 is 1.64 bits per heavy atom. The summed E-state index contributed by atoms with van der Waals surface area (Å²) in [4.78, 5) is 22.5. The number of carbonyl (C=O) groups is 2. The molecule has 13 heteroatoms. The lowest BCUT2D eigenvalue weighted by atomic mass is 10.1. The number of rotatable bonds is 7. The molecule has 0 fully saturated rings. The third kappa shape index (κ3) is 7.53. The van der Waals surface area contributed by atoms with E-state index in [1.54, 1.807) is 31.2 Å². The minimum Gasteiger partial charge on any atom is -0.478 e. The number of nitrogens with one attached hydrogen (secondary N) is 1. The predicted molar refractivity (Wildman–Crippen MR) is 118 cm³/mol. The monoisotopic (exact) mass is 510 g/mol. The number of aliphatic carboxylic acids is 1. The quantitative estimate of drug-likeness (QED) is 0.496. The van der Waals surface area contributed by atoms with Gasteiger partial charge in [0.1, 0.15) is 0 Å². The zero-order valence-electron chi connectivity index (χ0n) is 17.8. The molecule has 0 atom stereocenters. The first-order valence-corrected chi connectivity index (χ1v) is 11.2. The number of hydrogen-bond acceptors (Lipinski definition) is 5. The molecule has 0 saturated carbocycles. The van der Waals surface area contributed by atoms with Crippen LogP contribution in [0, 0.1) is 6.92 Å². The molecule has 182 valence electrons. The van der Waals surface area contributed by atoms with Crippen LogP contribution in [0.3, 0.4) is 0 Å². The van der Waals surface area contributed by atoms with Gasteiger partial charge in [-0.15, -0.1) is 0 Å². The number of carboxylic acid groups (broad SMARTS) is 2. The van der Waals surface area contributed by atoms with Crippen LogP contribution in [0.4, 0.5) is 24.5 Å². The maximum absolute atomic E-state index is 12.7. The third-order valence-electron chi connectivity index (χ3n) is 4.33. The molecule has 0 aliphatic carbocycles. The summed E-state index contributed by atoms with van der Waals surface area (Å²) in [5, 5.41) is 17.0. The van der Waals surface area contributed by atoms with Crippen molar-refractivity contribution in [3.63, 3.8) is 0 Å². The molecule has 0 spiro atoms. The first-order chi connectivity index (χ1) is 15.2. The van der Waals surface area contributed by atoms with Crippen molar-refractivity contribution in [1.82, 2.24) is 0 Å². The Hall–Kier alpha value is -2.99.